The summed E-state index contributed by atoms with van der Waals surface area (Å²) in [6.07, 6.45) is 9.82. The van der Waals surface area contributed by atoms with Crippen LogP contribution in [-0.4, -0.2) is 0 Å². The highest BCUT2D eigenvalue weighted by Crippen LogP contribution is 1.59. The molecule has 0 heteroatoms. The van der Waals surface area contributed by atoms with Crippen molar-refractivity contribution < 1.29 is 0 Å². The lowest BCUT2D eigenvalue weighted by Crippen LogP contribution is -1.56. The summed E-state index contributed by atoms with van der Waals surface area (Å²) in [6.45, 7) is 0. The summed E-state index contributed by atoms with van der Waals surface area (Å²) in [5, 5.41) is 0. The minimum atomic E-state index is 2.12. The summed E-state index contributed by atoms with van der Waals surface area (Å²) in [6, 6.07) is 0. The topological polar surface area (TPSA) is 0 Å². The largest absolute Gasteiger partial charge is 0.106 e. The van der Waals surface area contributed by atoms with Gasteiger partial charge in [0, 0.05) is 47.4 Å². The fraction of sp³-hybridized carbons (Fsp3) is 0. The van der Waals surface area contributed by atoms with Gasteiger partial charge >= 0.3 is 0 Å². The van der Waals surface area contributed by atoms with Crippen LogP contribution in [-0.2, 0) is 0 Å². The lowest BCUT2D eigenvalue weighted by atomic mass is 10.4. The fourth-order valence-electron chi connectivity index (χ4n) is 0.697. The Labute approximate surface area is 155 Å². The molecule has 0 atom stereocenters. The Hall–Kier alpha value is -5.72. The van der Waals surface area contributed by atoms with Crippen LogP contribution >= 0.6 is 0 Å². The Kier molecular flexibility index (Phi) is 15.0. The van der Waals surface area contributed by atoms with Crippen LogP contribution in [0.15, 0.2) is 0 Å². The minimum Gasteiger partial charge on any atom is -0.106 e. The number of terminal acetylenes is 2. The normalized spacial score (nSPS) is 3.77. The molecule has 0 N–H and O–H groups in total. The molecule has 0 saturated heterocycles. The zero-order valence-corrected chi connectivity index (χ0v) is 13.2. The smallest absolute Gasteiger partial charge is 0 e. The summed E-state index contributed by atoms with van der Waals surface area (Å²) in [7, 11) is 0. The molecule has 0 aliphatic rings. The molecule has 0 heterocycles. The monoisotopic (exact) mass is 314 g/mol. The molecule has 0 bridgehead atoms. The second-order valence-electron chi connectivity index (χ2n) is 3.04. The first-order valence-corrected chi connectivity index (χ1v) is 6.33. The van der Waals surface area contributed by atoms with E-state index in [0.717, 1.165) is 0 Å². The zero-order chi connectivity index (χ0) is 19.0. The van der Waals surface area contributed by atoms with E-state index in [2.05, 4.69) is 142 Å². The highest BCUT2D eigenvalue weighted by atomic mass is 13.6. The number of rotatable bonds is 0. The van der Waals surface area contributed by atoms with Crippen LogP contribution in [0.5, 0.6) is 0 Å². The Morgan fingerprint density at radius 2 is 0.308 bits per heavy atom. The maximum atomic E-state index is 4.91. The van der Waals surface area contributed by atoms with Gasteiger partial charge in [0.15, 0.2) is 0 Å². The van der Waals surface area contributed by atoms with Gasteiger partial charge in [0.1, 0.15) is 0 Å². The van der Waals surface area contributed by atoms with E-state index in [4.69, 9.17) is 12.8 Å². The van der Waals surface area contributed by atoms with Crippen molar-refractivity contribution in [2.24, 2.45) is 0 Å². The van der Waals surface area contributed by atoms with E-state index in [0.29, 0.717) is 0 Å². The molecule has 0 aliphatic heterocycles. The van der Waals surface area contributed by atoms with Gasteiger partial charge in [-0.05, 0) is 94.7 Å². The van der Waals surface area contributed by atoms with Crippen LogP contribution in [0.3, 0.4) is 0 Å². The molecule has 0 aromatic heterocycles. The van der Waals surface area contributed by atoms with Gasteiger partial charge in [-0.2, -0.15) is 0 Å². The molecule has 0 amide bonds. The summed E-state index contributed by atoms with van der Waals surface area (Å²) in [5.41, 5.74) is 0. The lowest BCUT2D eigenvalue weighted by Gasteiger charge is -1.57. The summed E-state index contributed by atoms with van der Waals surface area (Å²) in [5.74, 6) is 58.2. The van der Waals surface area contributed by atoms with Gasteiger partial charge in [-0.25, -0.2) is 0 Å². The SMILES string of the molecule is C#CC#CC#CC#CC#CC#CC#CC#CC#CC#CC#CC#CC#C. The van der Waals surface area contributed by atoms with Crippen molar-refractivity contribution in [2.75, 3.05) is 0 Å². The van der Waals surface area contributed by atoms with Crippen LogP contribution in [0.25, 0.3) is 0 Å². The Bertz CT molecular complexity index is 1220. The summed E-state index contributed by atoms with van der Waals surface area (Å²) >= 11 is 0. The van der Waals surface area contributed by atoms with E-state index in [-0.39, 0.29) is 0 Å². The van der Waals surface area contributed by atoms with Gasteiger partial charge in [-0.1, -0.05) is 0 Å². The minimum absolute atomic E-state index is 2.12. The molecule has 26 heavy (non-hydrogen) atoms. The Morgan fingerprint density at radius 1 is 0.192 bits per heavy atom. The number of hydrogen-bond acceptors (Lipinski definition) is 0. The van der Waals surface area contributed by atoms with E-state index in [1.165, 1.54) is 0 Å². The highest BCUT2D eigenvalue weighted by molar-refractivity contribution is 5.47. The first-order valence-electron chi connectivity index (χ1n) is 6.33. The predicted molar refractivity (Wildman–Crippen MR) is 103 cm³/mol. The van der Waals surface area contributed by atoms with Crippen molar-refractivity contribution in [1.29, 1.82) is 0 Å². The van der Waals surface area contributed by atoms with Gasteiger partial charge in [0.05, 0.1) is 0 Å². The predicted octanol–water partition coefficient (Wildman–Crippen LogP) is 0.290. The maximum Gasteiger partial charge on any atom is 0 e. The lowest BCUT2D eigenvalue weighted by molar-refractivity contribution is 2.32. The molecule has 0 fully saturated rings. The van der Waals surface area contributed by atoms with Crippen molar-refractivity contribution in [1.82, 2.24) is 0 Å². The third-order valence-corrected chi connectivity index (χ3v) is 1.46. The first kappa shape index (κ1) is 20.3. The molecule has 0 aromatic carbocycles. The Morgan fingerprint density at radius 3 is 0.423 bits per heavy atom. The van der Waals surface area contributed by atoms with Gasteiger partial charge in [0.25, 0.3) is 0 Å². The van der Waals surface area contributed by atoms with Gasteiger partial charge in [0.2, 0.25) is 0 Å². The quantitative estimate of drug-likeness (QED) is 0.564. The summed E-state index contributed by atoms with van der Waals surface area (Å²) in [4.78, 5) is 0. The molecule has 0 aromatic rings. The average Bonchev–Trinajstić information content (AvgIpc) is 2.66. The third kappa shape index (κ3) is 18.3. The van der Waals surface area contributed by atoms with E-state index in [9.17, 15) is 0 Å². The van der Waals surface area contributed by atoms with Crippen LogP contribution < -0.4 is 0 Å². The molecule has 0 rings (SSSR count). The van der Waals surface area contributed by atoms with E-state index < -0.39 is 0 Å². The van der Waals surface area contributed by atoms with Crippen molar-refractivity contribution in [3.63, 3.8) is 0 Å². The van der Waals surface area contributed by atoms with Crippen molar-refractivity contribution in [2.45, 2.75) is 0 Å². The fourth-order valence-corrected chi connectivity index (χ4v) is 0.697. The van der Waals surface area contributed by atoms with Crippen LogP contribution in [0.2, 0.25) is 0 Å². The number of hydrogen-bond donors (Lipinski definition) is 0. The molecule has 0 unspecified atom stereocenters. The zero-order valence-electron chi connectivity index (χ0n) is 13.2. The van der Waals surface area contributed by atoms with E-state index in [1.54, 1.807) is 0 Å². The van der Waals surface area contributed by atoms with Crippen LogP contribution in [0.1, 0.15) is 0 Å². The van der Waals surface area contributed by atoms with Crippen LogP contribution in [0, 0.1) is 155 Å². The average molecular weight is 314 g/mol. The molecule has 0 saturated carbocycles. The van der Waals surface area contributed by atoms with Crippen molar-refractivity contribution in [3.05, 3.63) is 0 Å². The maximum absolute atomic E-state index is 4.91. The molecule has 106 valence electrons. The highest BCUT2D eigenvalue weighted by Gasteiger charge is 1.59. The first-order chi connectivity index (χ1) is 12.9. The molecule has 0 aliphatic carbocycles. The Balaban J connectivity index is 4.43. The van der Waals surface area contributed by atoms with Gasteiger partial charge in [-0.3, -0.25) is 0 Å². The molecular formula is C26H2. The van der Waals surface area contributed by atoms with Crippen molar-refractivity contribution >= 4 is 0 Å². The van der Waals surface area contributed by atoms with Crippen molar-refractivity contribution in [3.8, 4) is 155 Å². The molecule has 0 spiro atoms. The second kappa shape index (κ2) is 19.3. The van der Waals surface area contributed by atoms with E-state index in [1.807, 2.05) is 0 Å². The third-order valence-electron chi connectivity index (χ3n) is 1.46. The van der Waals surface area contributed by atoms with Gasteiger partial charge in [-0.15, -0.1) is 12.8 Å². The van der Waals surface area contributed by atoms with E-state index >= 15 is 0 Å². The summed E-state index contributed by atoms with van der Waals surface area (Å²) < 4.78 is 0. The van der Waals surface area contributed by atoms with Gasteiger partial charge < -0.3 is 0 Å². The molecular weight excluding hydrogens is 312 g/mol. The molecule has 0 radical (unpaired) electrons. The molecule has 0 nitrogen and oxygen atoms in total. The second-order valence-corrected chi connectivity index (χ2v) is 3.04. The standard InChI is InChI=1S/C26H2/c1-3-5-7-9-11-13-15-17-19-21-23-25-26-24-22-20-18-16-14-12-10-8-6-4-2/h1-2H. The van der Waals surface area contributed by atoms with Crippen LogP contribution in [0.4, 0.5) is 0 Å².